The van der Waals surface area contributed by atoms with Gasteiger partial charge in [-0.1, -0.05) is 30.3 Å². The van der Waals surface area contributed by atoms with Crippen LogP contribution in [-0.4, -0.2) is 37.5 Å². The van der Waals surface area contributed by atoms with E-state index in [1.807, 2.05) is 30.3 Å². The fraction of sp³-hybridized carbons (Fsp3) is 0.462. The van der Waals surface area contributed by atoms with E-state index >= 15 is 0 Å². The van der Waals surface area contributed by atoms with Crippen molar-refractivity contribution in [2.45, 2.75) is 25.4 Å². The summed E-state index contributed by atoms with van der Waals surface area (Å²) in [6.45, 7) is 0.857. The molecular formula is C13H18N2O3S. The smallest absolute Gasteiger partial charge is 0.238 e. The molecule has 1 aromatic carbocycles. The molecule has 5 nitrogen and oxygen atoms in total. The van der Waals surface area contributed by atoms with Crippen molar-refractivity contribution in [1.29, 1.82) is 0 Å². The summed E-state index contributed by atoms with van der Waals surface area (Å²) >= 11 is 0. The van der Waals surface area contributed by atoms with Gasteiger partial charge in [-0.3, -0.25) is 4.79 Å². The van der Waals surface area contributed by atoms with Crippen LogP contribution in [0.3, 0.4) is 0 Å². The number of nitrogens with one attached hydrogen (secondary N) is 1. The van der Waals surface area contributed by atoms with Crippen molar-refractivity contribution < 1.29 is 13.2 Å². The lowest BCUT2D eigenvalue weighted by Gasteiger charge is -2.21. The normalized spacial score (nSPS) is 20.4. The molecule has 0 saturated carbocycles. The highest BCUT2D eigenvalue weighted by atomic mass is 32.2. The van der Waals surface area contributed by atoms with E-state index in [9.17, 15) is 13.2 Å². The molecule has 0 unspecified atom stereocenters. The van der Waals surface area contributed by atoms with Crippen LogP contribution in [0, 0.1) is 0 Å². The van der Waals surface area contributed by atoms with Gasteiger partial charge in [-0.05, 0) is 18.4 Å². The van der Waals surface area contributed by atoms with Crippen LogP contribution < -0.4 is 5.32 Å². The molecular weight excluding hydrogens is 264 g/mol. The van der Waals surface area contributed by atoms with E-state index < -0.39 is 16.1 Å². The average Bonchev–Trinajstić information content (AvgIpc) is 2.86. The SMILES string of the molecule is CS(=O)(=O)N1CCC[C@@H]1C(=O)NCc1ccccc1. The van der Waals surface area contributed by atoms with Crippen molar-refractivity contribution in [2.24, 2.45) is 0 Å². The molecule has 1 N–H and O–H groups in total. The zero-order valence-electron chi connectivity index (χ0n) is 10.9. The van der Waals surface area contributed by atoms with Gasteiger partial charge >= 0.3 is 0 Å². The Hall–Kier alpha value is -1.40. The van der Waals surface area contributed by atoms with Crippen molar-refractivity contribution in [3.05, 3.63) is 35.9 Å². The van der Waals surface area contributed by atoms with Crippen molar-refractivity contribution in [1.82, 2.24) is 9.62 Å². The number of sulfonamides is 1. The summed E-state index contributed by atoms with van der Waals surface area (Å²) in [5, 5.41) is 2.80. The van der Waals surface area contributed by atoms with E-state index in [0.29, 0.717) is 19.5 Å². The van der Waals surface area contributed by atoms with Gasteiger partial charge < -0.3 is 5.32 Å². The predicted octanol–water partition coefficient (Wildman–Crippen LogP) is 0.727. The summed E-state index contributed by atoms with van der Waals surface area (Å²) in [6, 6.07) is 9.00. The molecule has 1 saturated heterocycles. The molecule has 2 rings (SSSR count). The lowest BCUT2D eigenvalue weighted by Crippen LogP contribution is -2.45. The molecule has 0 spiro atoms. The third kappa shape index (κ3) is 3.54. The molecule has 0 aliphatic carbocycles. The number of carbonyl (C=O) groups is 1. The number of benzene rings is 1. The Morgan fingerprint density at radius 3 is 2.68 bits per heavy atom. The molecule has 0 aromatic heterocycles. The lowest BCUT2D eigenvalue weighted by atomic mass is 10.2. The summed E-state index contributed by atoms with van der Waals surface area (Å²) in [4.78, 5) is 12.1. The van der Waals surface area contributed by atoms with Crippen LogP contribution in [-0.2, 0) is 21.4 Å². The third-order valence-corrected chi connectivity index (χ3v) is 4.53. The number of carbonyl (C=O) groups excluding carboxylic acids is 1. The quantitative estimate of drug-likeness (QED) is 0.885. The minimum atomic E-state index is -3.31. The standard InChI is InChI=1S/C13H18N2O3S/c1-19(17,18)15-9-5-8-12(15)13(16)14-10-11-6-3-2-4-7-11/h2-4,6-7,12H,5,8-10H2,1H3,(H,14,16)/t12-/m1/s1. The van der Waals surface area contributed by atoms with Gasteiger partial charge in [0.25, 0.3) is 0 Å². The first-order chi connectivity index (χ1) is 8.98. The molecule has 6 heteroatoms. The second-order valence-corrected chi connectivity index (χ2v) is 6.67. The van der Waals surface area contributed by atoms with E-state index in [2.05, 4.69) is 5.32 Å². The van der Waals surface area contributed by atoms with Gasteiger partial charge in [0, 0.05) is 13.1 Å². The van der Waals surface area contributed by atoms with Crippen LogP contribution in [0.15, 0.2) is 30.3 Å². The van der Waals surface area contributed by atoms with Crippen LogP contribution in [0.25, 0.3) is 0 Å². The van der Waals surface area contributed by atoms with Crippen LogP contribution >= 0.6 is 0 Å². The number of nitrogens with zero attached hydrogens (tertiary/aromatic N) is 1. The van der Waals surface area contributed by atoms with Gasteiger partial charge in [0.05, 0.1) is 6.26 Å². The van der Waals surface area contributed by atoms with Gasteiger partial charge in [-0.2, -0.15) is 4.31 Å². The van der Waals surface area contributed by atoms with Crippen molar-refractivity contribution in [2.75, 3.05) is 12.8 Å². The lowest BCUT2D eigenvalue weighted by molar-refractivity contribution is -0.124. The number of hydrogen-bond acceptors (Lipinski definition) is 3. The molecule has 1 aliphatic heterocycles. The van der Waals surface area contributed by atoms with Crippen LogP contribution in [0.5, 0.6) is 0 Å². The molecule has 1 heterocycles. The van der Waals surface area contributed by atoms with Crippen LogP contribution in [0.1, 0.15) is 18.4 Å². The molecule has 1 fully saturated rings. The maximum Gasteiger partial charge on any atom is 0.238 e. The molecule has 19 heavy (non-hydrogen) atoms. The Balaban J connectivity index is 1.96. The van der Waals surface area contributed by atoms with Crippen molar-refractivity contribution >= 4 is 15.9 Å². The minimum Gasteiger partial charge on any atom is -0.351 e. The Bertz CT molecular complexity index is 542. The molecule has 0 radical (unpaired) electrons. The van der Waals surface area contributed by atoms with Crippen LogP contribution in [0.4, 0.5) is 0 Å². The maximum absolute atomic E-state index is 12.1. The highest BCUT2D eigenvalue weighted by molar-refractivity contribution is 7.88. The zero-order valence-corrected chi connectivity index (χ0v) is 11.7. The highest BCUT2D eigenvalue weighted by Crippen LogP contribution is 2.20. The third-order valence-electron chi connectivity index (χ3n) is 3.24. The topological polar surface area (TPSA) is 66.5 Å². The summed E-state index contributed by atoms with van der Waals surface area (Å²) in [5.41, 5.74) is 1.000. The van der Waals surface area contributed by atoms with Gasteiger partial charge in [0.15, 0.2) is 0 Å². The Labute approximate surface area is 113 Å². The van der Waals surface area contributed by atoms with E-state index in [0.717, 1.165) is 18.2 Å². The fourth-order valence-corrected chi connectivity index (χ4v) is 3.43. The number of rotatable bonds is 4. The second kappa shape index (κ2) is 5.71. The Morgan fingerprint density at radius 2 is 2.05 bits per heavy atom. The van der Waals surface area contributed by atoms with Crippen molar-refractivity contribution in [3.63, 3.8) is 0 Å². The maximum atomic E-state index is 12.1. The highest BCUT2D eigenvalue weighted by Gasteiger charge is 2.36. The molecule has 104 valence electrons. The first kappa shape index (κ1) is 14.0. The average molecular weight is 282 g/mol. The fourth-order valence-electron chi connectivity index (χ4n) is 2.30. The van der Waals surface area contributed by atoms with Gasteiger partial charge in [-0.25, -0.2) is 8.42 Å². The first-order valence-corrected chi connectivity index (χ1v) is 8.12. The van der Waals surface area contributed by atoms with E-state index in [-0.39, 0.29) is 5.91 Å². The molecule has 1 aliphatic rings. The largest absolute Gasteiger partial charge is 0.351 e. The van der Waals surface area contributed by atoms with Gasteiger partial charge in [0.2, 0.25) is 15.9 Å². The van der Waals surface area contributed by atoms with Crippen molar-refractivity contribution in [3.8, 4) is 0 Å². The zero-order chi connectivity index (χ0) is 13.9. The van der Waals surface area contributed by atoms with Gasteiger partial charge in [0.1, 0.15) is 6.04 Å². The monoisotopic (exact) mass is 282 g/mol. The van der Waals surface area contributed by atoms with E-state index in [4.69, 9.17) is 0 Å². The number of hydrogen-bond donors (Lipinski definition) is 1. The summed E-state index contributed by atoms with van der Waals surface area (Å²) in [6.07, 6.45) is 2.47. The summed E-state index contributed by atoms with van der Waals surface area (Å²) < 4.78 is 24.4. The minimum absolute atomic E-state index is 0.216. The van der Waals surface area contributed by atoms with Gasteiger partial charge in [-0.15, -0.1) is 0 Å². The summed E-state index contributed by atoms with van der Waals surface area (Å²) in [7, 11) is -3.31. The molecule has 1 aromatic rings. The molecule has 1 amide bonds. The molecule has 1 atom stereocenters. The van der Waals surface area contributed by atoms with E-state index in [1.165, 1.54) is 4.31 Å². The van der Waals surface area contributed by atoms with E-state index in [1.54, 1.807) is 0 Å². The first-order valence-electron chi connectivity index (χ1n) is 6.27. The van der Waals surface area contributed by atoms with Crippen LogP contribution in [0.2, 0.25) is 0 Å². The summed E-state index contributed by atoms with van der Waals surface area (Å²) in [5.74, 6) is -0.216. The second-order valence-electron chi connectivity index (χ2n) is 4.74. The Morgan fingerprint density at radius 1 is 1.37 bits per heavy atom. The molecule has 0 bridgehead atoms. The predicted molar refractivity (Wildman–Crippen MR) is 72.9 cm³/mol. The Kier molecular flexibility index (Phi) is 4.21. The number of amides is 1.